The normalized spacial score (nSPS) is 19.7. The van der Waals surface area contributed by atoms with Crippen LogP contribution in [-0.4, -0.2) is 34.6 Å². The number of hydrogen-bond donors (Lipinski definition) is 0. The second-order valence-corrected chi connectivity index (χ2v) is 5.44. The van der Waals surface area contributed by atoms with Crippen molar-refractivity contribution < 1.29 is 28.5 Å². The number of carbonyl (C=O) groups excluding carboxylic acids is 3. The number of ether oxygens (including phenoxy) is 1. The van der Waals surface area contributed by atoms with Crippen LogP contribution in [0.1, 0.15) is 55.7 Å². The van der Waals surface area contributed by atoms with Gasteiger partial charge in [0, 0.05) is 6.61 Å². The van der Waals surface area contributed by atoms with Gasteiger partial charge < -0.3 is 14.1 Å². The van der Waals surface area contributed by atoms with Crippen LogP contribution in [0.4, 0.5) is 0 Å². The molecule has 2 aliphatic heterocycles. The zero-order chi connectivity index (χ0) is 16.7. The third kappa shape index (κ3) is 2.19. The fourth-order valence-corrected chi connectivity index (χ4v) is 2.81. The average molecular weight is 328 g/mol. The van der Waals surface area contributed by atoms with Crippen molar-refractivity contribution in [2.45, 2.75) is 18.9 Å². The van der Waals surface area contributed by atoms with Crippen LogP contribution in [-0.2, 0) is 9.57 Å². The lowest BCUT2D eigenvalue weighted by Gasteiger charge is -2.13. The number of fused-ring (bicyclic) bond motifs is 1. The van der Waals surface area contributed by atoms with Crippen LogP contribution in [0.2, 0.25) is 0 Å². The average Bonchev–Trinajstić information content (AvgIpc) is 3.31. The Bertz CT molecular complexity index is 802. The van der Waals surface area contributed by atoms with Crippen molar-refractivity contribution in [1.29, 1.82) is 0 Å². The van der Waals surface area contributed by atoms with Crippen LogP contribution in [0.3, 0.4) is 0 Å². The Morgan fingerprint density at radius 2 is 1.92 bits per heavy atom. The highest BCUT2D eigenvalue weighted by atomic mass is 16.7. The topological polar surface area (TPSA) is 98.9 Å². The van der Waals surface area contributed by atoms with Gasteiger partial charge in [-0.05, 0) is 25.0 Å². The molecule has 1 saturated heterocycles. The standard InChI is InChI=1S/C16H12N2O6/c19-14-9-4-1-2-5-10(9)15(20)18(14)24-16(21)11-8-23-17-13(11)12-6-3-7-22-12/h1-2,4-5,8,12H,3,6-7H2. The van der Waals surface area contributed by atoms with Gasteiger partial charge in [0.25, 0.3) is 11.8 Å². The minimum absolute atomic E-state index is 0.0402. The van der Waals surface area contributed by atoms with E-state index in [1.54, 1.807) is 12.1 Å². The number of nitrogens with zero attached hydrogens (tertiary/aromatic N) is 2. The summed E-state index contributed by atoms with van der Waals surface area (Å²) in [5.41, 5.74) is 0.743. The van der Waals surface area contributed by atoms with Crippen LogP contribution in [0.5, 0.6) is 0 Å². The van der Waals surface area contributed by atoms with Gasteiger partial charge in [0.2, 0.25) is 0 Å². The molecule has 122 valence electrons. The van der Waals surface area contributed by atoms with Crippen LogP contribution >= 0.6 is 0 Å². The Balaban J connectivity index is 1.57. The molecule has 1 aromatic carbocycles. The van der Waals surface area contributed by atoms with Gasteiger partial charge in [-0.2, -0.15) is 0 Å². The van der Waals surface area contributed by atoms with E-state index in [1.165, 1.54) is 12.1 Å². The second kappa shape index (κ2) is 5.57. The van der Waals surface area contributed by atoms with Crippen molar-refractivity contribution >= 4 is 17.8 Å². The van der Waals surface area contributed by atoms with Gasteiger partial charge in [-0.1, -0.05) is 22.4 Å². The van der Waals surface area contributed by atoms with E-state index in [4.69, 9.17) is 14.1 Å². The highest BCUT2D eigenvalue weighted by Gasteiger charge is 2.40. The molecule has 0 bridgehead atoms. The maximum Gasteiger partial charge on any atom is 0.369 e. The molecule has 0 saturated carbocycles. The lowest BCUT2D eigenvalue weighted by Crippen LogP contribution is -2.33. The summed E-state index contributed by atoms with van der Waals surface area (Å²) in [5.74, 6) is -2.26. The zero-order valence-corrected chi connectivity index (χ0v) is 12.4. The predicted molar refractivity (Wildman–Crippen MR) is 76.8 cm³/mol. The fraction of sp³-hybridized carbons (Fsp3) is 0.250. The summed E-state index contributed by atoms with van der Waals surface area (Å²) < 4.78 is 10.3. The van der Waals surface area contributed by atoms with Crippen molar-refractivity contribution in [2.75, 3.05) is 6.61 Å². The van der Waals surface area contributed by atoms with E-state index >= 15 is 0 Å². The predicted octanol–water partition coefficient (Wildman–Crippen LogP) is 1.89. The van der Waals surface area contributed by atoms with Gasteiger partial charge in [-0.25, -0.2) is 4.79 Å². The number of benzene rings is 1. The second-order valence-electron chi connectivity index (χ2n) is 5.44. The summed E-state index contributed by atoms with van der Waals surface area (Å²) in [6.07, 6.45) is 2.33. The lowest BCUT2D eigenvalue weighted by molar-refractivity contribution is -0.0587. The maximum absolute atomic E-state index is 12.4. The first-order chi connectivity index (χ1) is 11.7. The molecule has 1 unspecified atom stereocenters. The summed E-state index contributed by atoms with van der Waals surface area (Å²) in [4.78, 5) is 41.8. The molecule has 8 nitrogen and oxygen atoms in total. The van der Waals surface area contributed by atoms with E-state index in [0.717, 1.165) is 12.7 Å². The minimum atomic E-state index is -0.892. The number of aromatic nitrogens is 1. The molecule has 4 rings (SSSR count). The molecule has 1 atom stereocenters. The Morgan fingerprint density at radius 1 is 1.21 bits per heavy atom. The molecular weight excluding hydrogens is 316 g/mol. The monoisotopic (exact) mass is 328 g/mol. The molecule has 3 heterocycles. The van der Waals surface area contributed by atoms with E-state index in [-0.39, 0.29) is 22.8 Å². The molecule has 24 heavy (non-hydrogen) atoms. The first kappa shape index (κ1) is 14.6. The first-order valence-corrected chi connectivity index (χ1v) is 7.43. The van der Waals surface area contributed by atoms with Crippen LogP contribution < -0.4 is 0 Å². The van der Waals surface area contributed by atoms with Crippen molar-refractivity contribution in [3.63, 3.8) is 0 Å². The fourth-order valence-electron chi connectivity index (χ4n) is 2.81. The number of hydroxylamine groups is 2. The minimum Gasteiger partial charge on any atom is -0.372 e. The third-order valence-corrected chi connectivity index (χ3v) is 3.98. The molecule has 2 aliphatic rings. The van der Waals surface area contributed by atoms with Gasteiger partial charge in [-0.3, -0.25) is 9.59 Å². The molecule has 2 aromatic rings. The van der Waals surface area contributed by atoms with Crippen molar-refractivity contribution in [3.05, 3.63) is 52.9 Å². The highest BCUT2D eigenvalue weighted by molar-refractivity contribution is 6.21. The molecule has 0 N–H and O–H groups in total. The summed E-state index contributed by atoms with van der Waals surface area (Å²) >= 11 is 0. The van der Waals surface area contributed by atoms with E-state index in [2.05, 4.69) is 5.16 Å². The number of rotatable bonds is 3. The van der Waals surface area contributed by atoms with Gasteiger partial charge in [0.05, 0.1) is 11.1 Å². The Morgan fingerprint density at radius 3 is 2.54 bits per heavy atom. The Labute approximate surface area is 135 Å². The van der Waals surface area contributed by atoms with Crippen molar-refractivity contribution in [2.24, 2.45) is 0 Å². The third-order valence-electron chi connectivity index (χ3n) is 3.98. The van der Waals surface area contributed by atoms with Crippen molar-refractivity contribution in [1.82, 2.24) is 10.2 Å². The molecule has 0 aliphatic carbocycles. The number of amides is 2. The molecule has 8 heteroatoms. The van der Waals surface area contributed by atoms with Gasteiger partial charge >= 0.3 is 5.97 Å². The summed E-state index contributed by atoms with van der Waals surface area (Å²) in [5, 5.41) is 4.24. The van der Waals surface area contributed by atoms with Crippen molar-refractivity contribution in [3.8, 4) is 0 Å². The number of hydrogen-bond acceptors (Lipinski definition) is 7. The summed E-state index contributed by atoms with van der Waals surface area (Å²) in [6.45, 7) is 0.574. The molecule has 1 aromatic heterocycles. The first-order valence-electron chi connectivity index (χ1n) is 7.43. The van der Waals surface area contributed by atoms with E-state index < -0.39 is 17.8 Å². The van der Waals surface area contributed by atoms with E-state index in [9.17, 15) is 14.4 Å². The van der Waals surface area contributed by atoms with Gasteiger partial charge in [0.1, 0.15) is 23.6 Å². The zero-order valence-electron chi connectivity index (χ0n) is 12.4. The quantitative estimate of drug-likeness (QED) is 0.793. The summed E-state index contributed by atoms with van der Waals surface area (Å²) in [6, 6.07) is 6.26. The molecule has 0 radical (unpaired) electrons. The maximum atomic E-state index is 12.4. The van der Waals surface area contributed by atoms with E-state index in [1.807, 2.05) is 0 Å². The highest BCUT2D eigenvalue weighted by Crippen LogP contribution is 2.31. The van der Waals surface area contributed by atoms with Crippen LogP contribution in [0.15, 0.2) is 35.1 Å². The molecule has 2 amide bonds. The number of imide groups is 1. The van der Waals surface area contributed by atoms with E-state index in [0.29, 0.717) is 23.8 Å². The van der Waals surface area contributed by atoms with Crippen LogP contribution in [0, 0.1) is 0 Å². The SMILES string of the molecule is O=C(ON1C(=O)c2ccccc2C1=O)c1conc1C1CCCO1. The molecule has 0 spiro atoms. The molecular formula is C16H12N2O6. The Hall–Kier alpha value is -3.00. The van der Waals surface area contributed by atoms with Crippen LogP contribution in [0.25, 0.3) is 0 Å². The summed E-state index contributed by atoms with van der Waals surface area (Å²) in [7, 11) is 0. The number of carbonyl (C=O) groups is 3. The Kier molecular flexibility index (Phi) is 3.39. The smallest absolute Gasteiger partial charge is 0.369 e. The van der Waals surface area contributed by atoms with Gasteiger partial charge in [0.15, 0.2) is 0 Å². The van der Waals surface area contributed by atoms with Gasteiger partial charge in [-0.15, -0.1) is 0 Å². The molecule has 1 fully saturated rings. The lowest BCUT2D eigenvalue weighted by atomic mass is 10.1. The largest absolute Gasteiger partial charge is 0.372 e.